The molecule has 2 heterocycles. The van der Waals surface area contributed by atoms with Gasteiger partial charge in [-0.25, -0.2) is 4.98 Å². The van der Waals surface area contributed by atoms with Crippen molar-refractivity contribution in [3.63, 3.8) is 0 Å². The maximum atomic E-state index is 13.2. The second-order valence-electron chi connectivity index (χ2n) is 6.21. The molecule has 0 radical (unpaired) electrons. The molecule has 0 aliphatic heterocycles. The van der Waals surface area contributed by atoms with Crippen LogP contribution in [0.4, 0.5) is 13.2 Å². The fourth-order valence-corrected chi connectivity index (χ4v) is 4.80. The quantitative estimate of drug-likeness (QED) is 0.370. The lowest BCUT2D eigenvalue weighted by Gasteiger charge is -2.10. The van der Waals surface area contributed by atoms with Crippen molar-refractivity contribution in [3.8, 4) is 0 Å². The average Bonchev–Trinajstić information content (AvgIpc) is 3.29. The highest BCUT2D eigenvalue weighted by Crippen LogP contribution is 2.34. The fourth-order valence-electron chi connectivity index (χ4n) is 2.74. The van der Waals surface area contributed by atoms with Crippen LogP contribution in [0.1, 0.15) is 34.6 Å². The van der Waals surface area contributed by atoms with E-state index in [0.717, 1.165) is 32.1 Å². The summed E-state index contributed by atoms with van der Waals surface area (Å²) in [7, 11) is 0. The van der Waals surface area contributed by atoms with Crippen LogP contribution in [0.2, 0.25) is 0 Å². The van der Waals surface area contributed by atoms with E-state index in [4.69, 9.17) is 0 Å². The van der Waals surface area contributed by atoms with Gasteiger partial charge in [0.2, 0.25) is 0 Å². The molecule has 1 aromatic carbocycles. The van der Waals surface area contributed by atoms with Gasteiger partial charge in [-0.1, -0.05) is 18.2 Å². The molecule has 0 aliphatic rings. The number of aromatic nitrogens is 3. The highest BCUT2D eigenvalue weighted by Gasteiger charge is 2.35. The van der Waals surface area contributed by atoms with Crippen LogP contribution in [0.3, 0.4) is 0 Å². The summed E-state index contributed by atoms with van der Waals surface area (Å²) in [5, 5.41) is 6.54. The molecule has 0 spiro atoms. The van der Waals surface area contributed by atoms with Crippen LogP contribution >= 0.6 is 34.9 Å². The van der Waals surface area contributed by atoms with Gasteiger partial charge >= 0.3 is 6.18 Å². The first kappa shape index (κ1) is 22.0. The molecular weight excluding hydrogens is 435 g/mol. The molecule has 0 fully saturated rings. The van der Waals surface area contributed by atoms with Crippen LogP contribution in [-0.4, -0.2) is 21.0 Å². The lowest BCUT2D eigenvalue weighted by molar-refractivity contribution is -0.141. The van der Waals surface area contributed by atoms with Crippen molar-refractivity contribution in [1.29, 1.82) is 0 Å². The molecule has 3 nitrogen and oxygen atoms in total. The van der Waals surface area contributed by atoms with Crippen molar-refractivity contribution in [2.75, 3.05) is 6.26 Å². The number of nitrogens with zero attached hydrogens (tertiary/aromatic N) is 3. The number of hydrogen-bond donors (Lipinski definition) is 0. The van der Waals surface area contributed by atoms with Gasteiger partial charge in [-0.3, -0.25) is 4.68 Å². The molecule has 0 unspecified atom stereocenters. The van der Waals surface area contributed by atoms with Gasteiger partial charge in [-0.2, -0.15) is 18.3 Å². The molecule has 0 atom stereocenters. The van der Waals surface area contributed by atoms with E-state index in [0.29, 0.717) is 11.4 Å². The Bertz CT molecular complexity index is 1010. The van der Waals surface area contributed by atoms with E-state index in [2.05, 4.69) is 16.1 Å². The summed E-state index contributed by atoms with van der Waals surface area (Å²) >= 11 is 4.64. The maximum absolute atomic E-state index is 13.2. The van der Waals surface area contributed by atoms with Crippen molar-refractivity contribution in [1.82, 2.24) is 14.8 Å². The van der Waals surface area contributed by atoms with Crippen molar-refractivity contribution in [2.24, 2.45) is 0 Å². The van der Waals surface area contributed by atoms with Crippen molar-refractivity contribution in [2.45, 2.75) is 37.2 Å². The first-order valence-electron chi connectivity index (χ1n) is 8.78. The molecular formula is C20H20F3N3S3. The lowest BCUT2D eigenvalue weighted by atomic mass is 10.2. The van der Waals surface area contributed by atoms with Gasteiger partial charge in [0.15, 0.2) is 5.69 Å². The number of benzene rings is 1. The zero-order valence-corrected chi connectivity index (χ0v) is 18.6. The maximum Gasteiger partial charge on any atom is 0.435 e. The Morgan fingerprint density at radius 2 is 2.07 bits per heavy atom. The average molecular weight is 456 g/mol. The van der Waals surface area contributed by atoms with Gasteiger partial charge < -0.3 is 0 Å². The van der Waals surface area contributed by atoms with E-state index in [9.17, 15) is 13.2 Å². The summed E-state index contributed by atoms with van der Waals surface area (Å²) < 4.78 is 41.1. The summed E-state index contributed by atoms with van der Waals surface area (Å²) in [6.07, 6.45) is -0.475. The fraction of sp³-hybridized carbons (Fsp3) is 0.300. The molecule has 0 aliphatic carbocycles. The molecule has 0 N–H and O–H groups in total. The highest BCUT2D eigenvalue weighted by molar-refractivity contribution is 8.07. The number of thioether (sulfide) groups is 2. The normalized spacial score (nSPS) is 12.6. The number of allylic oxidation sites excluding steroid dienone is 1. The Balaban J connectivity index is 1.83. The Kier molecular flexibility index (Phi) is 7.13. The minimum absolute atomic E-state index is 0.226. The number of hydrogen-bond acceptors (Lipinski definition) is 5. The molecule has 0 bridgehead atoms. The number of alkyl halides is 3. The van der Waals surface area contributed by atoms with E-state index in [1.54, 1.807) is 11.8 Å². The van der Waals surface area contributed by atoms with Gasteiger partial charge in [0.05, 0.1) is 17.2 Å². The predicted molar refractivity (Wildman–Crippen MR) is 116 cm³/mol. The number of halogens is 3. The van der Waals surface area contributed by atoms with Gasteiger partial charge in [0.1, 0.15) is 0 Å². The molecule has 0 amide bonds. The second kappa shape index (κ2) is 9.40. The third-order valence-electron chi connectivity index (χ3n) is 4.12. The van der Waals surface area contributed by atoms with Crippen LogP contribution in [-0.2, 0) is 18.5 Å². The van der Waals surface area contributed by atoms with E-state index in [1.807, 2.05) is 49.8 Å². The van der Waals surface area contributed by atoms with E-state index in [1.165, 1.54) is 27.8 Å². The highest BCUT2D eigenvalue weighted by atomic mass is 32.2. The Hall–Kier alpha value is -1.71. The van der Waals surface area contributed by atoms with Crippen molar-refractivity contribution >= 4 is 39.8 Å². The first-order valence-corrected chi connectivity index (χ1v) is 11.9. The molecule has 29 heavy (non-hydrogen) atoms. The summed E-state index contributed by atoms with van der Waals surface area (Å²) in [5.41, 5.74) is 1.43. The largest absolute Gasteiger partial charge is 0.435 e. The number of aryl methyl sites for hydroxylation is 1. The van der Waals surface area contributed by atoms with Gasteiger partial charge in [-0.05, 0) is 43.9 Å². The van der Waals surface area contributed by atoms with Gasteiger partial charge in [0.25, 0.3) is 0 Å². The molecule has 0 saturated carbocycles. The smallest absolute Gasteiger partial charge is 0.262 e. The minimum Gasteiger partial charge on any atom is -0.262 e. The van der Waals surface area contributed by atoms with Crippen LogP contribution in [0.5, 0.6) is 0 Å². The monoisotopic (exact) mass is 455 g/mol. The molecule has 9 heteroatoms. The Morgan fingerprint density at radius 3 is 2.69 bits per heavy atom. The van der Waals surface area contributed by atoms with Crippen LogP contribution in [0.15, 0.2) is 46.7 Å². The standard InChI is InChI=1S/C20H20F3N3S3/c1-4-18(14-6-5-7-17(8-14)27-3)29-12-16-9-19(20(21,22)23)25-26(16)10-15-11-28-13(2)24-15/h4-9,11H,10,12H2,1-3H3/b18-4-. The second-order valence-corrected chi connectivity index (χ2v) is 9.17. The van der Waals surface area contributed by atoms with Crippen LogP contribution in [0.25, 0.3) is 4.91 Å². The van der Waals surface area contributed by atoms with Crippen LogP contribution < -0.4 is 0 Å². The third kappa shape index (κ3) is 5.67. The Labute approximate surface area is 180 Å². The summed E-state index contributed by atoms with van der Waals surface area (Å²) in [6, 6.07) is 9.26. The zero-order valence-electron chi connectivity index (χ0n) is 16.2. The lowest BCUT2D eigenvalue weighted by Crippen LogP contribution is -2.09. The minimum atomic E-state index is -4.47. The molecule has 3 aromatic rings. The summed E-state index contributed by atoms with van der Waals surface area (Å²) in [5.74, 6) is 0.384. The van der Waals surface area contributed by atoms with Gasteiger partial charge in [0, 0.05) is 26.6 Å². The SMILES string of the molecule is C/C=C(\SCc1cc(C(F)(F)F)nn1Cc1csc(C)n1)c1cccc(SC)c1. The molecule has 154 valence electrons. The van der Waals surface area contributed by atoms with E-state index in [-0.39, 0.29) is 6.54 Å². The molecule has 0 saturated heterocycles. The molecule has 3 rings (SSSR count). The van der Waals surface area contributed by atoms with Crippen molar-refractivity contribution in [3.05, 3.63) is 69.4 Å². The van der Waals surface area contributed by atoms with E-state index >= 15 is 0 Å². The topological polar surface area (TPSA) is 30.7 Å². The van der Waals surface area contributed by atoms with Gasteiger partial charge in [-0.15, -0.1) is 34.9 Å². The summed E-state index contributed by atoms with van der Waals surface area (Å²) in [4.78, 5) is 6.52. The Morgan fingerprint density at radius 1 is 1.28 bits per heavy atom. The van der Waals surface area contributed by atoms with Crippen molar-refractivity contribution < 1.29 is 13.2 Å². The predicted octanol–water partition coefficient (Wildman–Crippen LogP) is 6.73. The first-order chi connectivity index (χ1) is 13.8. The third-order valence-corrected chi connectivity index (χ3v) is 6.89. The zero-order chi connectivity index (χ0) is 21.0. The van der Waals surface area contributed by atoms with Crippen LogP contribution in [0, 0.1) is 6.92 Å². The number of rotatable bonds is 7. The van der Waals surface area contributed by atoms with E-state index < -0.39 is 11.9 Å². The number of thiazole rings is 1. The molecule has 2 aromatic heterocycles. The summed E-state index contributed by atoms with van der Waals surface area (Å²) in [6.45, 7) is 4.03.